The van der Waals surface area contributed by atoms with E-state index in [9.17, 15) is 79.2 Å². The lowest BCUT2D eigenvalue weighted by atomic mass is 9.53. The van der Waals surface area contributed by atoms with Crippen LogP contribution in [0.1, 0.15) is 59.0 Å². The predicted molar refractivity (Wildman–Crippen MR) is 119 cm³/mol. The van der Waals surface area contributed by atoms with Crippen LogP contribution in [0.25, 0.3) is 0 Å². The van der Waals surface area contributed by atoms with E-state index in [1.165, 1.54) is 0 Å². The molecule has 0 amide bonds. The summed E-state index contributed by atoms with van der Waals surface area (Å²) in [6, 6.07) is 3.72. The quantitative estimate of drug-likeness (QED) is 0.167. The third-order valence-electron chi connectivity index (χ3n) is 5.96. The Hall–Kier alpha value is -5.80. The van der Waals surface area contributed by atoms with Crippen molar-refractivity contribution in [2.75, 3.05) is 0 Å². The number of aliphatic carboxylic acids is 4. The van der Waals surface area contributed by atoms with Gasteiger partial charge in [-0.15, -0.1) is 0 Å². The van der Waals surface area contributed by atoms with Crippen LogP contribution < -0.4 is 0 Å². The Balaban J connectivity index is 3.63. The smallest absolute Gasteiger partial charge is 0.336 e. The van der Waals surface area contributed by atoms with Crippen molar-refractivity contribution in [3.63, 3.8) is 0 Å². The summed E-state index contributed by atoms with van der Waals surface area (Å²) in [5.74, 6) is -19.1. The van der Waals surface area contributed by atoms with E-state index in [4.69, 9.17) is 0 Å². The number of aromatic carboxylic acids is 4. The first-order valence-electron chi connectivity index (χ1n) is 10.1. The van der Waals surface area contributed by atoms with E-state index < -0.39 is 98.4 Å². The number of carboxylic acids is 8. The first kappa shape index (κ1) is 29.4. The summed E-state index contributed by atoms with van der Waals surface area (Å²) < 4.78 is 0. The van der Waals surface area contributed by atoms with Crippen molar-refractivity contribution >= 4 is 47.8 Å². The summed E-state index contributed by atoms with van der Waals surface area (Å²) in [6.45, 7) is 0. The molecule has 16 nitrogen and oxygen atoms in total. The van der Waals surface area contributed by atoms with E-state index in [1.807, 2.05) is 0 Å². The number of rotatable bonds is 12. The highest BCUT2D eigenvalue weighted by Crippen LogP contribution is 2.53. The molecule has 0 aromatic heterocycles. The van der Waals surface area contributed by atoms with E-state index in [1.54, 1.807) is 0 Å². The fourth-order valence-corrected chi connectivity index (χ4v) is 4.55. The van der Waals surface area contributed by atoms with Crippen LogP contribution in [0.15, 0.2) is 36.4 Å². The molecule has 0 aliphatic heterocycles. The SMILES string of the molecule is O=C(O)CC(c1cccc(C(=O)O)c1C(=O)O)(c1cccc(C(=O)O)c1C(=O)O)C(C(=O)O)(C(=O)O)C(=O)O. The summed E-state index contributed by atoms with van der Waals surface area (Å²) in [4.78, 5) is 98.2. The average Bonchev–Trinajstić information content (AvgIpc) is 2.81. The van der Waals surface area contributed by atoms with Crippen LogP contribution in [0.2, 0.25) is 0 Å². The van der Waals surface area contributed by atoms with Crippen molar-refractivity contribution in [2.45, 2.75) is 11.8 Å². The summed E-state index contributed by atoms with van der Waals surface area (Å²) in [5.41, 5.74) is -16.3. The Labute approximate surface area is 214 Å². The number of carbonyl (C=O) groups is 8. The highest BCUT2D eigenvalue weighted by atomic mass is 16.4. The maximum absolute atomic E-state index is 12.6. The second kappa shape index (κ2) is 10.3. The maximum atomic E-state index is 12.6. The zero-order chi connectivity index (χ0) is 30.0. The van der Waals surface area contributed by atoms with Crippen molar-refractivity contribution in [1.82, 2.24) is 0 Å². The molecule has 8 N–H and O–H groups in total. The fourth-order valence-electron chi connectivity index (χ4n) is 4.55. The van der Waals surface area contributed by atoms with Gasteiger partial charge >= 0.3 is 47.8 Å². The van der Waals surface area contributed by atoms with Crippen molar-refractivity contribution in [2.24, 2.45) is 5.41 Å². The molecule has 0 radical (unpaired) electrons. The third kappa shape index (κ3) is 4.35. The Bertz CT molecular complexity index is 1350. The van der Waals surface area contributed by atoms with Gasteiger partial charge in [0.15, 0.2) is 0 Å². The fraction of sp³-hybridized carbons (Fsp3) is 0.130. The summed E-state index contributed by atoms with van der Waals surface area (Å²) in [7, 11) is 0. The van der Waals surface area contributed by atoms with Crippen LogP contribution in [0, 0.1) is 5.41 Å². The maximum Gasteiger partial charge on any atom is 0.336 e. The molecule has 2 aromatic rings. The summed E-state index contributed by atoms with van der Waals surface area (Å²) in [5, 5.41) is 78.9. The lowest BCUT2D eigenvalue weighted by molar-refractivity contribution is -0.181. The van der Waals surface area contributed by atoms with E-state index in [0.717, 1.165) is 0 Å². The summed E-state index contributed by atoms with van der Waals surface area (Å²) >= 11 is 0. The van der Waals surface area contributed by atoms with Crippen molar-refractivity contribution < 1.29 is 79.2 Å². The number of benzene rings is 2. The van der Waals surface area contributed by atoms with Crippen molar-refractivity contribution in [3.05, 3.63) is 69.8 Å². The van der Waals surface area contributed by atoms with Gasteiger partial charge in [0.1, 0.15) is 0 Å². The molecule has 39 heavy (non-hydrogen) atoms. The Morgan fingerprint density at radius 2 is 0.846 bits per heavy atom. The van der Waals surface area contributed by atoms with Crippen molar-refractivity contribution in [3.8, 4) is 0 Å². The van der Waals surface area contributed by atoms with E-state index in [-0.39, 0.29) is 0 Å². The van der Waals surface area contributed by atoms with Crippen LogP contribution in [0.4, 0.5) is 0 Å². The van der Waals surface area contributed by atoms with Gasteiger partial charge in [0.05, 0.1) is 34.1 Å². The second-order valence-electron chi connectivity index (χ2n) is 7.82. The van der Waals surface area contributed by atoms with Crippen LogP contribution in [-0.4, -0.2) is 88.6 Å². The minimum atomic E-state index is -4.48. The van der Waals surface area contributed by atoms with Crippen LogP contribution in [0.5, 0.6) is 0 Å². The molecular formula is C23H16O16. The molecule has 0 aliphatic carbocycles. The topological polar surface area (TPSA) is 298 Å². The monoisotopic (exact) mass is 548 g/mol. The minimum Gasteiger partial charge on any atom is -0.481 e. The molecule has 2 rings (SSSR count). The van der Waals surface area contributed by atoms with Gasteiger partial charge in [-0.3, -0.25) is 19.2 Å². The van der Waals surface area contributed by atoms with Gasteiger partial charge < -0.3 is 40.9 Å². The Morgan fingerprint density at radius 3 is 1.08 bits per heavy atom. The van der Waals surface area contributed by atoms with Gasteiger partial charge in [0.25, 0.3) is 5.41 Å². The zero-order valence-corrected chi connectivity index (χ0v) is 19.0. The van der Waals surface area contributed by atoms with Crippen LogP contribution in [-0.2, 0) is 24.6 Å². The van der Waals surface area contributed by atoms with Gasteiger partial charge in [0, 0.05) is 0 Å². The molecular weight excluding hydrogens is 532 g/mol. The Morgan fingerprint density at radius 1 is 0.513 bits per heavy atom. The minimum absolute atomic E-state index is 0.515. The molecule has 204 valence electrons. The first-order valence-corrected chi connectivity index (χ1v) is 10.1. The molecule has 16 heteroatoms. The van der Waals surface area contributed by atoms with E-state index >= 15 is 0 Å². The van der Waals surface area contributed by atoms with Gasteiger partial charge in [0.2, 0.25) is 0 Å². The molecule has 2 aromatic carbocycles. The van der Waals surface area contributed by atoms with Gasteiger partial charge in [-0.05, 0) is 23.3 Å². The predicted octanol–water partition coefficient (Wildman–Crippen LogP) is 0.480. The molecule has 0 bridgehead atoms. The normalized spacial score (nSPS) is 11.3. The molecule has 0 saturated heterocycles. The lowest BCUT2D eigenvalue weighted by Gasteiger charge is -2.44. The van der Waals surface area contributed by atoms with Gasteiger partial charge in [-0.2, -0.15) is 0 Å². The number of hydrogen-bond donors (Lipinski definition) is 8. The Kier molecular flexibility index (Phi) is 7.76. The number of carboxylic acid groups (broad SMARTS) is 8. The molecule has 0 aliphatic rings. The summed E-state index contributed by atoms with van der Waals surface area (Å²) in [6.07, 6.45) is -1.98. The lowest BCUT2D eigenvalue weighted by Crippen LogP contribution is -2.63. The molecule has 0 heterocycles. The van der Waals surface area contributed by atoms with Gasteiger partial charge in [-0.1, -0.05) is 24.3 Å². The average molecular weight is 548 g/mol. The highest BCUT2D eigenvalue weighted by Gasteiger charge is 2.72. The van der Waals surface area contributed by atoms with Gasteiger partial charge in [-0.25, -0.2) is 19.2 Å². The second-order valence-corrected chi connectivity index (χ2v) is 7.82. The largest absolute Gasteiger partial charge is 0.481 e. The highest BCUT2D eigenvalue weighted by molar-refractivity contribution is 6.20. The molecule has 0 atom stereocenters. The van der Waals surface area contributed by atoms with Crippen LogP contribution >= 0.6 is 0 Å². The molecule has 0 unspecified atom stereocenters. The van der Waals surface area contributed by atoms with E-state index in [0.29, 0.717) is 36.4 Å². The first-order chi connectivity index (χ1) is 18.0. The zero-order valence-electron chi connectivity index (χ0n) is 19.0. The third-order valence-corrected chi connectivity index (χ3v) is 5.96. The molecule has 0 fully saturated rings. The number of hydrogen-bond acceptors (Lipinski definition) is 8. The standard InChI is InChI=1S/C23H16O16/c24-12(25)7-22(23(19(34)35,20(36)37)21(38)39,10-5-1-3-8(15(26)27)13(10)17(30)31)11-6-2-4-9(16(28)29)14(11)18(32)33/h1-6H,7H2,(H,24,25)(H,26,27)(H,28,29)(H,30,31)(H,32,33)(H,34,35)(H,36,37)(H,38,39). The molecule has 0 spiro atoms. The molecule has 0 saturated carbocycles. The van der Waals surface area contributed by atoms with Crippen molar-refractivity contribution in [1.29, 1.82) is 0 Å². The van der Waals surface area contributed by atoms with Crippen LogP contribution in [0.3, 0.4) is 0 Å². The van der Waals surface area contributed by atoms with E-state index in [2.05, 4.69) is 0 Å².